The molecule has 1 aliphatic rings. The van der Waals surface area contributed by atoms with Gasteiger partial charge in [-0.05, 0) is 17.0 Å². The van der Waals surface area contributed by atoms with Gasteiger partial charge < -0.3 is 10.0 Å². The second kappa shape index (κ2) is 7.26. The van der Waals surface area contributed by atoms with Crippen LogP contribution >= 0.6 is 0 Å². The van der Waals surface area contributed by atoms with E-state index in [4.69, 9.17) is 0 Å². The molecule has 0 aliphatic carbocycles. The number of benzene rings is 3. The largest absolute Gasteiger partial charge is 0.387 e. The maximum absolute atomic E-state index is 10.4. The normalized spacial score (nSPS) is 16.9. The van der Waals surface area contributed by atoms with Crippen LogP contribution in [0, 0.1) is 0 Å². The van der Waals surface area contributed by atoms with Gasteiger partial charge >= 0.3 is 0 Å². The Balaban J connectivity index is 1.41. The van der Waals surface area contributed by atoms with Gasteiger partial charge in [-0.2, -0.15) is 0 Å². The van der Waals surface area contributed by atoms with E-state index in [1.165, 1.54) is 16.5 Å². The van der Waals surface area contributed by atoms with Crippen LogP contribution in [-0.2, 0) is 0 Å². The van der Waals surface area contributed by atoms with Crippen LogP contribution in [0.25, 0.3) is 10.8 Å². The predicted molar refractivity (Wildman–Crippen MR) is 104 cm³/mol. The van der Waals surface area contributed by atoms with Crippen molar-refractivity contribution < 1.29 is 5.11 Å². The molecule has 1 N–H and O–H groups in total. The highest BCUT2D eigenvalue weighted by molar-refractivity contribution is 5.94. The third kappa shape index (κ3) is 3.53. The Morgan fingerprint density at radius 3 is 2.24 bits per heavy atom. The first-order valence-electron chi connectivity index (χ1n) is 8.99. The molecular weight excluding hydrogens is 308 g/mol. The Bertz CT molecular complexity index is 820. The van der Waals surface area contributed by atoms with Gasteiger partial charge in [-0.1, -0.05) is 66.7 Å². The molecule has 1 atom stereocenters. The number of piperazine rings is 1. The highest BCUT2D eigenvalue weighted by atomic mass is 16.3. The molecule has 1 heterocycles. The minimum absolute atomic E-state index is 0.412. The van der Waals surface area contributed by atoms with Gasteiger partial charge in [-0.25, -0.2) is 0 Å². The zero-order valence-electron chi connectivity index (χ0n) is 14.4. The summed E-state index contributed by atoms with van der Waals surface area (Å²) in [6.45, 7) is 4.65. The topological polar surface area (TPSA) is 26.7 Å². The Morgan fingerprint density at radius 2 is 1.44 bits per heavy atom. The van der Waals surface area contributed by atoms with Crippen LogP contribution in [0.3, 0.4) is 0 Å². The number of fused-ring (bicyclic) bond motifs is 1. The lowest BCUT2D eigenvalue weighted by molar-refractivity contribution is 0.109. The molecule has 0 spiro atoms. The number of hydrogen-bond donors (Lipinski definition) is 1. The van der Waals surface area contributed by atoms with Gasteiger partial charge in [-0.15, -0.1) is 0 Å². The lowest BCUT2D eigenvalue weighted by Crippen LogP contribution is -2.47. The number of aliphatic hydroxyl groups is 1. The van der Waals surface area contributed by atoms with Gasteiger partial charge in [0.1, 0.15) is 0 Å². The van der Waals surface area contributed by atoms with Crippen molar-refractivity contribution in [2.45, 2.75) is 6.10 Å². The van der Waals surface area contributed by atoms with Gasteiger partial charge in [0.05, 0.1) is 6.10 Å². The Kier molecular flexibility index (Phi) is 4.68. The first-order valence-corrected chi connectivity index (χ1v) is 8.99. The number of β-amino-alcohol motifs (C(OH)–C–C–N with tert-alkyl or cyclic N) is 1. The lowest BCUT2D eigenvalue weighted by atomic mass is 10.1. The predicted octanol–water partition coefficient (Wildman–Crippen LogP) is 3.70. The van der Waals surface area contributed by atoms with E-state index in [1.54, 1.807) is 0 Å². The summed E-state index contributed by atoms with van der Waals surface area (Å²) >= 11 is 0. The van der Waals surface area contributed by atoms with Crippen molar-refractivity contribution in [1.82, 2.24) is 4.90 Å². The summed E-state index contributed by atoms with van der Waals surface area (Å²) in [5.41, 5.74) is 2.32. The van der Waals surface area contributed by atoms with E-state index >= 15 is 0 Å². The van der Waals surface area contributed by atoms with Crippen LogP contribution in [0.1, 0.15) is 11.7 Å². The fraction of sp³-hybridized carbons (Fsp3) is 0.273. The molecular formula is C22H24N2O. The third-order valence-corrected chi connectivity index (χ3v) is 5.10. The van der Waals surface area contributed by atoms with E-state index in [0.29, 0.717) is 6.54 Å². The van der Waals surface area contributed by atoms with Gasteiger partial charge in [0.25, 0.3) is 0 Å². The summed E-state index contributed by atoms with van der Waals surface area (Å²) < 4.78 is 0. The van der Waals surface area contributed by atoms with Crippen molar-refractivity contribution >= 4 is 16.5 Å². The molecule has 3 aromatic carbocycles. The van der Waals surface area contributed by atoms with Crippen LogP contribution in [0.15, 0.2) is 72.8 Å². The summed E-state index contributed by atoms with van der Waals surface area (Å²) in [6, 6.07) is 25.1. The average molecular weight is 332 g/mol. The monoisotopic (exact) mass is 332 g/mol. The standard InChI is InChI=1S/C22H24N2O/c25-22(19-8-2-1-3-9-19)17-23-13-15-24(16-14-23)21-12-6-10-18-7-4-5-11-20(18)21/h1-12,22,25H,13-17H2. The molecule has 1 unspecified atom stereocenters. The fourth-order valence-corrected chi connectivity index (χ4v) is 3.68. The number of nitrogens with zero attached hydrogens (tertiary/aromatic N) is 2. The number of hydrogen-bond acceptors (Lipinski definition) is 3. The minimum atomic E-state index is -0.412. The van der Waals surface area contributed by atoms with Crippen molar-refractivity contribution in [3.8, 4) is 0 Å². The van der Waals surface area contributed by atoms with Crippen molar-refractivity contribution in [3.63, 3.8) is 0 Å². The lowest BCUT2D eigenvalue weighted by Gasteiger charge is -2.37. The molecule has 128 valence electrons. The maximum Gasteiger partial charge on any atom is 0.0916 e. The SMILES string of the molecule is OC(CN1CCN(c2cccc3ccccc23)CC1)c1ccccc1. The maximum atomic E-state index is 10.4. The zero-order chi connectivity index (χ0) is 17.1. The molecule has 0 saturated carbocycles. The van der Waals surface area contributed by atoms with Gasteiger partial charge in [0.2, 0.25) is 0 Å². The zero-order valence-corrected chi connectivity index (χ0v) is 14.4. The molecule has 0 bridgehead atoms. The van der Waals surface area contributed by atoms with Gasteiger partial charge in [0, 0.05) is 43.8 Å². The van der Waals surface area contributed by atoms with E-state index in [-0.39, 0.29) is 0 Å². The number of rotatable bonds is 4. The summed E-state index contributed by atoms with van der Waals surface area (Å²) in [5, 5.41) is 13.1. The van der Waals surface area contributed by atoms with Crippen molar-refractivity contribution in [2.24, 2.45) is 0 Å². The Morgan fingerprint density at radius 1 is 0.760 bits per heavy atom. The van der Waals surface area contributed by atoms with E-state index in [0.717, 1.165) is 31.7 Å². The molecule has 4 rings (SSSR count). The van der Waals surface area contributed by atoms with E-state index in [2.05, 4.69) is 52.3 Å². The van der Waals surface area contributed by atoms with Crippen LogP contribution in [-0.4, -0.2) is 42.7 Å². The summed E-state index contributed by atoms with van der Waals surface area (Å²) in [4.78, 5) is 4.83. The quantitative estimate of drug-likeness (QED) is 0.789. The number of aliphatic hydroxyl groups excluding tert-OH is 1. The molecule has 25 heavy (non-hydrogen) atoms. The molecule has 3 heteroatoms. The fourth-order valence-electron chi connectivity index (χ4n) is 3.68. The molecule has 0 radical (unpaired) electrons. The summed E-state index contributed by atoms with van der Waals surface area (Å²) in [6.07, 6.45) is -0.412. The van der Waals surface area contributed by atoms with Gasteiger partial charge in [0.15, 0.2) is 0 Å². The smallest absolute Gasteiger partial charge is 0.0916 e. The number of anilines is 1. The summed E-state index contributed by atoms with van der Waals surface area (Å²) in [7, 11) is 0. The first kappa shape index (κ1) is 16.1. The average Bonchev–Trinajstić information content (AvgIpc) is 2.69. The third-order valence-electron chi connectivity index (χ3n) is 5.10. The Labute approximate surface area is 149 Å². The van der Waals surface area contributed by atoms with Crippen LogP contribution in [0.2, 0.25) is 0 Å². The highest BCUT2D eigenvalue weighted by Crippen LogP contribution is 2.27. The van der Waals surface area contributed by atoms with E-state index in [9.17, 15) is 5.11 Å². The van der Waals surface area contributed by atoms with Crippen molar-refractivity contribution in [2.75, 3.05) is 37.6 Å². The second-order valence-electron chi connectivity index (χ2n) is 6.71. The van der Waals surface area contributed by atoms with Crippen LogP contribution in [0.4, 0.5) is 5.69 Å². The minimum Gasteiger partial charge on any atom is -0.387 e. The molecule has 3 nitrogen and oxygen atoms in total. The first-order chi connectivity index (χ1) is 12.3. The van der Waals surface area contributed by atoms with Crippen molar-refractivity contribution in [1.29, 1.82) is 0 Å². The summed E-state index contributed by atoms with van der Waals surface area (Å²) in [5.74, 6) is 0. The molecule has 0 amide bonds. The van der Waals surface area contributed by atoms with Crippen LogP contribution < -0.4 is 4.90 Å². The molecule has 3 aromatic rings. The molecule has 0 aromatic heterocycles. The van der Waals surface area contributed by atoms with Crippen molar-refractivity contribution in [3.05, 3.63) is 78.4 Å². The second-order valence-corrected chi connectivity index (χ2v) is 6.71. The molecule has 1 saturated heterocycles. The van der Waals surface area contributed by atoms with E-state index < -0.39 is 6.10 Å². The Hall–Kier alpha value is -2.36. The molecule has 1 aliphatic heterocycles. The van der Waals surface area contributed by atoms with E-state index in [1.807, 2.05) is 30.3 Å². The van der Waals surface area contributed by atoms with Gasteiger partial charge in [-0.3, -0.25) is 4.90 Å². The van der Waals surface area contributed by atoms with Crippen LogP contribution in [0.5, 0.6) is 0 Å². The highest BCUT2D eigenvalue weighted by Gasteiger charge is 2.21. The molecule has 1 fully saturated rings.